The molecule has 0 atom stereocenters. The van der Waals surface area contributed by atoms with Crippen LogP contribution in [0.25, 0.3) is 11.8 Å². The molecule has 2 aromatic carbocycles. The summed E-state index contributed by atoms with van der Waals surface area (Å²) < 4.78 is 17.1. The van der Waals surface area contributed by atoms with Crippen LogP contribution in [0.3, 0.4) is 0 Å². The summed E-state index contributed by atoms with van der Waals surface area (Å²) >= 11 is 0. The monoisotopic (exact) mass is 404 g/mol. The Morgan fingerprint density at radius 2 is 1.80 bits per heavy atom. The third-order valence-corrected chi connectivity index (χ3v) is 7.11. The highest BCUT2D eigenvalue weighted by Gasteiger charge is 2.31. The summed E-state index contributed by atoms with van der Waals surface area (Å²) in [7, 11) is 1.79. The third kappa shape index (κ3) is 2.75. The van der Waals surface area contributed by atoms with Crippen LogP contribution in [0.1, 0.15) is 42.0 Å². The minimum Gasteiger partial charge on any atom is -0.495 e. The van der Waals surface area contributed by atoms with Crippen LogP contribution in [-0.2, 0) is 13.0 Å². The molecule has 2 aromatic rings. The zero-order chi connectivity index (χ0) is 20.2. The van der Waals surface area contributed by atoms with Crippen LogP contribution in [0.2, 0.25) is 0 Å². The molecule has 0 unspecified atom stereocenters. The molecule has 0 radical (unpaired) electrons. The minimum absolute atomic E-state index is 0.321. The maximum atomic E-state index is 5.82. The maximum Gasteiger partial charge on any atom is 0.231 e. The SMILES string of the molecule is COc1ccc2c(c1N1CCC(C)CC1)CN1CCc3cc4c(cc3C1=C2)OCO4. The van der Waals surface area contributed by atoms with Crippen molar-refractivity contribution in [2.75, 3.05) is 38.4 Å². The molecule has 0 aromatic heterocycles. The molecule has 5 nitrogen and oxygen atoms in total. The van der Waals surface area contributed by atoms with Crippen LogP contribution in [0, 0.1) is 5.92 Å². The molecule has 1 fully saturated rings. The first-order chi connectivity index (χ1) is 14.7. The number of hydrogen-bond acceptors (Lipinski definition) is 5. The fourth-order valence-corrected chi connectivity index (χ4v) is 5.32. The Kier molecular flexibility index (Phi) is 4.12. The second-order valence-electron chi connectivity index (χ2n) is 8.92. The van der Waals surface area contributed by atoms with E-state index in [4.69, 9.17) is 14.2 Å². The van der Waals surface area contributed by atoms with Crippen molar-refractivity contribution in [3.05, 3.63) is 46.5 Å². The molecule has 0 saturated carbocycles. The van der Waals surface area contributed by atoms with Gasteiger partial charge in [-0.3, -0.25) is 0 Å². The Balaban J connectivity index is 1.45. The van der Waals surface area contributed by atoms with Gasteiger partial charge in [0.1, 0.15) is 5.75 Å². The van der Waals surface area contributed by atoms with E-state index in [0.717, 1.165) is 55.8 Å². The predicted octanol–water partition coefficient (Wildman–Crippen LogP) is 4.53. The normalized spacial score (nSPS) is 19.7. The Labute approximate surface area is 177 Å². The van der Waals surface area contributed by atoms with Crippen molar-refractivity contribution in [2.24, 2.45) is 5.92 Å². The molecule has 0 bridgehead atoms. The van der Waals surface area contributed by atoms with Crippen LogP contribution in [0.4, 0.5) is 5.69 Å². The van der Waals surface area contributed by atoms with Gasteiger partial charge in [0.05, 0.1) is 12.8 Å². The first-order valence-corrected chi connectivity index (χ1v) is 11.1. The summed E-state index contributed by atoms with van der Waals surface area (Å²) in [5.41, 5.74) is 7.93. The van der Waals surface area contributed by atoms with Gasteiger partial charge in [0.2, 0.25) is 6.79 Å². The highest BCUT2D eigenvalue weighted by molar-refractivity contribution is 5.88. The summed E-state index contributed by atoms with van der Waals surface area (Å²) in [5.74, 6) is 3.55. The van der Waals surface area contributed by atoms with Crippen LogP contribution < -0.4 is 19.1 Å². The standard InChI is InChI=1S/C25H28N2O3/c1-16-5-8-26(9-6-16)25-20-14-27-10-7-18-12-23-24(30-15-29-23)13-19(18)21(27)11-17(20)3-4-22(25)28-2/h3-4,11-13,16H,5-10,14-15H2,1-2H3. The first-order valence-electron chi connectivity index (χ1n) is 11.1. The van der Waals surface area contributed by atoms with Crippen molar-refractivity contribution >= 4 is 17.5 Å². The zero-order valence-electron chi connectivity index (χ0n) is 17.7. The lowest BCUT2D eigenvalue weighted by atomic mass is 9.89. The average Bonchev–Trinajstić information content (AvgIpc) is 3.23. The fraction of sp³-hybridized carbons (Fsp3) is 0.440. The largest absolute Gasteiger partial charge is 0.495 e. The number of rotatable bonds is 2. The van der Waals surface area contributed by atoms with Crippen molar-refractivity contribution in [1.29, 1.82) is 0 Å². The molecule has 5 heteroatoms. The Bertz CT molecular complexity index is 1040. The van der Waals surface area contributed by atoms with Gasteiger partial charge >= 0.3 is 0 Å². The smallest absolute Gasteiger partial charge is 0.231 e. The highest BCUT2D eigenvalue weighted by atomic mass is 16.7. The van der Waals surface area contributed by atoms with Crippen LogP contribution in [0.5, 0.6) is 17.2 Å². The lowest BCUT2D eigenvalue weighted by molar-refractivity contribution is 0.174. The maximum absolute atomic E-state index is 5.82. The number of anilines is 1. The predicted molar refractivity (Wildman–Crippen MR) is 118 cm³/mol. The summed E-state index contributed by atoms with van der Waals surface area (Å²) in [6.45, 7) is 6.84. The Morgan fingerprint density at radius 3 is 2.60 bits per heavy atom. The van der Waals surface area contributed by atoms with Gasteiger partial charge in [-0.2, -0.15) is 0 Å². The lowest BCUT2D eigenvalue weighted by Gasteiger charge is -2.40. The third-order valence-electron chi connectivity index (χ3n) is 7.11. The molecule has 4 aliphatic heterocycles. The highest BCUT2D eigenvalue weighted by Crippen LogP contribution is 2.46. The van der Waals surface area contributed by atoms with Gasteiger partial charge in [0, 0.05) is 43.0 Å². The summed E-state index contributed by atoms with van der Waals surface area (Å²) in [6.07, 6.45) is 5.88. The summed E-state index contributed by atoms with van der Waals surface area (Å²) in [5, 5.41) is 0. The molecule has 1 saturated heterocycles. The Hall–Kier alpha value is -2.82. The lowest BCUT2D eigenvalue weighted by Crippen LogP contribution is -2.36. The van der Waals surface area contributed by atoms with E-state index in [1.807, 2.05) is 0 Å². The molecule has 4 aliphatic rings. The van der Waals surface area contributed by atoms with E-state index in [1.165, 1.54) is 46.5 Å². The second kappa shape index (κ2) is 6.86. The molecule has 30 heavy (non-hydrogen) atoms. The summed E-state index contributed by atoms with van der Waals surface area (Å²) in [6, 6.07) is 8.69. The second-order valence-corrected chi connectivity index (χ2v) is 8.92. The van der Waals surface area contributed by atoms with Gasteiger partial charge in [0.15, 0.2) is 11.5 Å². The number of piperidine rings is 1. The minimum atomic E-state index is 0.321. The number of benzene rings is 2. The molecular formula is C25H28N2O3. The van der Waals surface area contributed by atoms with Crippen LogP contribution >= 0.6 is 0 Å². The molecule has 0 aliphatic carbocycles. The average molecular weight is 405 g/mol. The first kappa shape index (κ1) is 18.0. The summed E-state index contributed by atoms with van der Waals surface area (Å²) in [4.78, 5) is 5.06. The van der Waals surface area contributed by atoms with E-state index < -0.39 is 0 Å². The van der Waals surface area contributed by atoms with E-state index in [1.54, 1.807) is 7.11 Å². The van der Waals surface area contributed by atoms with Gasteiger partial charge in [-0.05, 0) is 60.6 Å². The fourth-order valence-electron chi connectivity index (χ4n) is 5.32. The van der Waals surface area contributed by atoms with Gasteiger partial charge in [-0.1, -0.05) is 13.0 Å². The zero-order valence-corrected chi connectivity index (χ0v) is 17.7. The topological polar surface area (TPSA) is 34.2 Å². The number of ether oxygens (including phenoxy) is 3. The molecule has 0 spiro atoms. The van der Waals surface area contributed by atoms with Gasteiger partial charge < -0.3 is 24.0 Å². The molecule has 156 valence electrons. The molecular weight excluding hydrogens is 376 g/mol. The molecule has 0 N–H and O–H groups in total. The molecule has 0 amide bonds. The number of hydrogen-bond donors (Lipinski definition) is 0. The van der Waals surface area contributed by atoms with E-state index in [2.05, 4.69) is 47.1 Å². The quantitative estimate of drug-likeness (QED) is 0.735. The molecule has 4 heterocycles. The number of methoxy groups -OCH3 is 1. The Morgan fingerprint density at radius 1 is 1.00 bits per heavy atom. The van der Waals surface area contributed by atoms with Crippen molar-refractivity contribution in [2.45, 2.75) is 32.7 Å². The van der Waals surface area contributed by atoms with E-state index >= 15 is 0 Å². The van der Waals surface area contributed by atoms with Crippen molar-refractivity contribution in [3.63, 3.8) is 0 Å². The van der Waals surface area contributed by atoms with E-state index in [9.17, 15) is 0 Å². The van der Waals surface area contributed by atoms with Gasteiger partial charge in [-0.15, -0.1) is 0 Å². The molecule has 6 rings (SSSR count). The van der Waals surface area contributed by atoms with Gasteiger partial charge in [-0.25, -0.2) is 0 Å². The number of nitrogens with zero attached hydrogens (tertiary/aromatic N) is 2. The van der Waals surface area contributed by atoms with Crippen LogP contribution in [-0.4, -0.2) is 38.4 Å². The van der Waals surface area contributed by atoms with Gasteiger partial charge in [0.25, 0.3) is 0 Å². The van der Waals surface area contributed by atoms with Crippen molar-refractivity contribution in [1.82, 2.24) is 4.90 Å². The number of fused-ring (bicyclic) bond motifs is 5. The van der Waals surface area contributed by atoms with E-state index in [0.29, 0.717) is 6.79 Å². The van der Waals surface area contributed by atoms with Crippen LogP contribution in [0.15, 0.2) is 24.3 Å². The van der Waals surface area contributed by atoms with E-state index in [-0.39, 0.29) is 0 Å². The van der Waals surface area contributed by atoms with Crippen molar-refractivity contribution < 1.29 is 14.2 Å². The van der Waals surface area contributed by atoms with Crippen molar-refractivity contribution in [3.8, 4) is 17.2 Å².